The van der Waals surface area contributed by atoms with Crippen LogP contribution >= 0.6 is 0 Å². The van der Waals surface area contributed by atoms with E-state index in [9.17, 15) is 5.11 Å². The lowest BCUT2D eigenvalue weighted by Crippen LogP contribution is -2.51. The molecule has 3 atom stereocenters. The summed E-state index contributed by atoms with van der Waals surface area (Å²) in [7, 11) is 0. The third-order valence-electron chi connectivity index (χ3n) is 3.66. The van der Waals surface area contributed by atoms with Gasteiger partial charge in [-0.25, -0.2) is 0 Å². The molecule has 0 spiro atoms. The molecule has 0 aromatic carbocycles. The van der Waals surface area contributed by atoms with Crippen molar-refractivity contribution in [2.45, 2.75) is 58.7 Å². The largest absolute Gasteiger partial charge is 0.381 e. The Bertz CT molecular complexity index is 283. The lowest BCUT2D eigenvalue weighted by atomic mass is 9.61. The van der Waals surface area contributed by atoms with Gasteiger partial charge < -0.3 is 10.2 Å². The Hall–Kier alpha value is -0.520. The third kappa shape index (κ3) is 2.35. The normalized spacial score (nSPS) is 36.5. The van der Waals surface area contributed by atoms with Crippen molar-refractivity contribution < 1.29 is 10.2 Å². The zero-order chi connectivity index (χ0) is 11.7. The van der Waals surface area contributed by atoms with Crippen LogP contribution in [0.3, 0.4) is 0 Å². The van der Waals surface area contributed by atoms with Gasteiger partial charge in [0.1, 0.15) is 11.7 Å². The van der Waals surface area contributed by atoms with Gasteiger partial charge in [-0.15, -0.1) is 0 Å². The first-order valence-electron chi connectivity index (χ1n) is 5.73. The molecule has 0 amide bonds. The molecule has 15 heavy (non-hydrogen) atoms. The van der Waals surface area contributed by atoms with E-state index < -0.39 is 11.7 Å². The molecule has 0 aromatic rings. The number of hydrogen-bond donors (Lipinski definition) is 2. The molecule has 2 nitrogen and oxygen atoms in total. The molecule has 0 aliphatic heterocycles. The van der Waals surface area contributed by atoms with E-state index in [0.717, 1.165) is 19.3 Å². The highest BCUT2D eigenvalue weighted by Gasteiger charge is 2.48. The topological polar surface area (TPSA) is 40.5 Å². The van der Waals surface area contributed by atoms with Crippen LogP contribution in [-0.4, -0.2) is 21.9 Å². The maximum Gasteiger partial charge on any atom is 0.133 e. The van der Waals surface area contributed by atoms with Crippen molar-refractivity contribution in [1.82, 2.24) is 0 Å². The first kappa shape index (κ1) is 12.5. The molecule has 0 unspecified atom stereocenters. The van der Waals surface area contributed by atoms with Crippen LogP contribution in [0.15, 0.2) is 0 Å². The zero-order valence-electron chi connectivity index (χ0n) is 10.2. The fourth-order valence-corrected chi connectivity index (χ4v) is 2.42. The summed E-state index contributed by atoms with van der Waals surface area (Å²) in [6.45, 7) is 7.77. The molecular weight excluding hydrogens is 188 g/mol. The molecule has 1 aliphatic rings. The summed E-state index contributed by atoms with van der Waals surface area (Å²) in [6, 6.07) is 0. The molecule has 0 saturated heterocycles. The van der Waals surface area contributed by atoms with Gasteiger partial charge in [0.05, 0.1) is 0 Å². The van der Waals surface area contributed by atoms with Gasteiger partial charge in [-0.05, 0) is 25.7 Å². The molecule has 0 bridgehead atoms. The minimum atomic E-state index is -0.956. The second kappa shape index (κ2) is 4.15. The zero-order valence-corrected chi connectivity index (χ0v) is 10.2. The summed E-state index contributed by atoms with van der Waals surface area (Å²) in [5.41, 5.74) is -1.14. The maximum absolute atomic E-state index is 10.6. The van der Waals surface area contributed by atoms with Crippen molar-refractivity contribution in [3.8, 4) is 11.8 Å². The molecule has 1 fully saturated rings. The number of aliphatic hydroxyl groups excluding tert-OH is 1. The molecule has 86 valence electrons. The Balaban J connectivity index is 3.00. The van der Waals surface area contributed by atoms with Crippen LogP contribution in [0.2, 0.25) is 0 Å². The van der Waals surface area contributed by atoms with E-state index in [1.807, 2.05) is 6.92 Å². The lowest BCUT2D eigenvalue weighted by Gasteiger charge is -2.47. The van der Waals surface area contributed by atoms with Crippen LogP contribution in [0.4, 0.5) is 0 Å². The minimum absolute atomic E-state index is 0.174. The molecule has 1 saturated carbocycles. The average molecular weight is 210 g/mol. The Morgan fingerprint density at radius 2 is 2.00 bits per heavy atom. The molecule has 0 heterocycles. The third-order valence-corrected chi connectivity index (χ3v) is 3.66. The summed E-state index contributed by atoms with van der Waals surface area (Å²) >= 11 is 0. The summed E-state index contributed by atoms with van der Waals surface area (Å²) < 4.78 is 0. The van der Waals surface area contributed by atoms with Gasteiger partial charge >= 0.3 is 0 Å². The molecule has 2 N–H and O–H groups in total. The van der Waals surface area contributed by atoms with Gasteiger partial charge in [0, 0.05) is 5.41 Å². The monoisotopic (exact) mass is 210 g/mol. The smallest absolute Gasteiger partial charge is 0.133 e. The second-order valence-corrected chi connectivity index (χ2v) is 5.39. The summed E-state index contributed by atoms with van der Waals surface area (Å²) in [5.74, 6) is 5.76. The highest BCUT2D eigenvalue weighted by atomic mass is 16.3. The molecule has 1 aliphatic carbocycles. The molecule has 1 rings (SSSR count). The van der Waals surface area contributed by atoms with Crippen LogP contribution in [0, 0.1) is 23.2 Å². The van der Waals surface area contributed by atoms with E-state index in [-0.39, 0.29) is 11.3 Å². The van der Waals surface area contributed by atoms with Crippen LogP contribution in [0.25, 0.3) is 0 Å². The summed E-state index contributed by atoms with van der Waals surface area (Å²) in [4.78, 5) is 0. The lowest BCUT2D eigenvalue weighted by molar-refractivity contribution is -0.0862. The van der Waals surface area contributed by atoms with Gasteiger partial charge in [0.15, 0.2) is 0 Å². The SMILES string of the molecule is C[C@H](O)C#C[C@@]1(O)[C@H](C)CCCC1(C)C. The molecule has 0 aromatic heterocycles. The quantitative estimate of drug-likeness (QED) is 0.600. The molecule has 0 radical (unpaired) electrons. The Kier molecular flexibility index (Phi) is 3.48. The Morgan fingerprint density at radius 1 is 1.40 bits per heavy atom. The van der Waals surface area contributed by atoms with E-state index in [1.165, 1.54) is 0 Å². The van der Waals surface area contributed by atoms with Crippen molar-refractivity contribution in [1.29, 1.82) is 0 Å². The second-order valence-electron chi connectivity index (χ2n) is 5.39. The number of aliphatic hydroxyl groups is 2. The highest BCUT2D eigenvalue weighted by molar-refractivity contribution is 5.23. The first-order chi connectivity index (χ1) is 6.79. The van der Waals surface area contributed by atoms with Crippen molar-refractivity contribution in [2.24, 2.45) is 11.3 Å². The van der Waals surface area contributed by atoms with Gasteiger partial charge in [-0.3, -0.25) is 0 Å². The van der Waals surface area contributed by atoms with Crippen LogP contribution < -0.4 is 0 Å². The summed E-state index contributed by atoms with van der Waals surface area (Å²) in [5, 5.41) is 19.8. The highest BCUT2D eigenvalue weighted by Crippen LogP contribution is 2.46. The van der Waals surface area contributed by atoms with Gasteiger partial charge in [0.25, 0.3) is 0 Å². The van der Waals surface area contributed by atoms with Crippen molar-refractivity contribution in [2.75, 3.05) is 0 Å². The van der Waals surface area contributed by atoms with Gasteiger partial charge in [-0.1, -0.05) is 39.0 Å². The van der Waals surface area contributed by atoms with E-state index in [2.05, 4.69) is 25.7 Å². The average Bonchev–Trinajstić information content (AvgIpc) is 2.11. The van der Waals surface area contributed by atoms with E-state index >= 15 is 0 Å². The van der Waals surface area contributed by atoms with E-state index in [0.29, 0.717) is 0 Å². The fraction of sp³-hybridized carbons (Fsp3) is 0.846. The first-order valence-corrected chi connectivity index (χ1v) is 5.73. The van der Waals surface area contributed by atoms with E-state index in [1.54, 1.807) is 6.92 Å². The van der Waals surface area contributed by atoms with Crippen LogP contribution in [-0.2, 0) is 0 Å². The minimum Gasteiger partial charge on any atom is -0.381 e. The number of rotatable bonds is 0. The molecular formula is C13H22O2. The fourth-order valence-electron chi connectivity index (χ4n) is 2.42. The van der Waals surface area contributed by atoms with Crippen molar-refractivity contribution in [3.63, 3.8) is 0 Å². The standard InChI is InChI=1S/C13H22O2/c1-10-6-5-8-12(3,4)13(10,15)9-7-11(2)14/h10-11,14-15H,5-6,8H2,1-4H3/t10-,11+,13-/m1/s1. The van der Waals surface area contributed by atoms with Crippen molar-refractivity contribution in [3.05, 3.63) is 0 Å². The van der Waals surface area contributed by atoms with Crippen LogP contribution in [0.5, 0.6) is 0 Å². The number of hydrogen-bond acceptors (Lipinski definition) is 2. The van der Waals surface area contributed by atoms with Gasteiger partial charge in [-0.2, -0.15) is 0 Å². The predicted octanol–water partition coefficient (Wildman–Crippen LogP) is 1.95. The van der Waals surface area contributed by atoms with Crippen molar-refractivity contribution >= 4 is 0 Å². The summed E-state index contributed by atoms with van der Waals surface area (Å²) in [6.07, 6.45) is 2.47. The van der Waals surface area contributed by atoms with Crippen LogP contribution in [0.1, 0.15) is 47.0 Å². The Morgan fingerprint density at radius 3 is 2.47 bits per heavy atom. The molecule has 2 heteroatoms. The Labute approximate surface area is 92.7 Å². The maximum atomic E-state index is 10.6. The van der Waals surface area contributed by atoms with Gasteiger partial charge in [0.2, 0.25) is 0 Å². The predicted molar refractivity (Wildman–Crippen MR) is 61.2 cm³/mol. The van der Waals surface area contributed by atoms with E-state index in [4.69, 9.17) is 5.11 Å².